The second-order valence-corrected chi connectivity index (χ2v) is 6.87. The first kappa shape index (κ1) is 22.6. The number of carboxylic acid groups (broad SMARTS) is 1. The average molecular weight is 421 g/mol. The number of aryl methyl sites for hydroxylation is 3. The van der Waals surface area contributed by atoms with Crippen molar-refractivity contribution in [2.45, 2.75) is 19.5 Å². The van der Waals surface area contributed by atoms with Gasteiger partial charge in [-0.25, -0.2) is 4.98 Å². The maximum atomic E-state index is 12.0. The van der Waals surface area contributed by atoms with E-state index in [2.05, 4.69) is 5.32 Å². The minimum Gasteiger partial charge on any atom is -0.480 e. The molecule has 1 atom stereocenters. The van der Waals surface area contributed by atoms with Crippen molar-refractivity contribution in [2.75, 3.05) is 13.7 Å². The number of nitrogens with one attached hydrogen (secondary N) is 1. The molecule has 0 aliphatic rings. The Bertz CT molecular complexity index is 1060. The van der Waals surface area contributed by atoms with Gasteiger partial charge >= 0.3 is 5.97 Å². The SMILES string of the molecule is COCC(NCc1ccc2c(c1)nc(-c1cc(C)c(=O)n(C)c1)n2C)C(=O)O.Cl. The Morgan fingerprint density at radius 1 is 1.31 bits per heavy atom. The number of imidazole rings is 1. The number of nitrogens with zero attached hydrogens (tertiary/aromatic N) is 3. The molecule has 3 rings (SSSR count). The summed E-state index contributed by atoms with van der Waals surface area (Å²) in [6, 6.07) is 6.91. The fourth-order valence-corrected chi connectivity index (χ4v) is 3.24. The summed E-state index contributed by atoms with van der Waals surface area (Å²) in [6.45, 7) is 2.27. The molecular weight excluding hydrogens is 396 g/mol. The zero-order chi connectivity index (χ0) is 20.4. The standard InChI is InChI=1S/C20H24N4O4.ClH/c1-12-7-14(10-23(2)19(12)25)18-22-15-8-13(5-6-17(15)24(18)3)9-21-16(11-28-4)20(26)27;/h5-8,10,16,21H,9,11H2,1-4H3,(H,26,27);1H. The van der Waals surface area contributed by atoms with Crippen LogP contribution in [0.25, 0.3) is 22.4 Å². The lowest BCUT2D eigenvalue weighted by molar-refractivity contribution is -0.140. The van der Waals surface area contributed by atoms with Crippen LogP contribution >= 0.6 is 12.4 Å². The predicted molar refractivity (Wildman–Crippen MR) is 114 cm³/mol. The number of carbonyl (C=O) groups is 1. The molecule has 0 bridgehead atoms. The Morgan fingerprint density at radius 2 is 2.03 bits per heavy atom. The smallest absolute Gasteiger partial charge is 0.323 e. The lowest BCUT2D eigenvalue weighted by Crippen LogP contribution is -2.39. The monoisotopic (exact) mass is 420 g/mol. The van der Waals surface area contributed by atoms with E-state index in [4.69, 9.17) is 9.72 Å². The van der Waals surface area contributed by atoms with Crippen LogP contribution in [0.2, 0.25) is 0 Å². The van der Waals surface area contributed by atoms with Crippen LogP contribution in [-0.2, 0) is 30.2 Å². The molecule has 8 nitrogen and oxygen atoms in total. The molecule has 0 spiro atoms. The van der Waals surface area contributed by atoms with Crippen LogP contribution in [-0.4, -0.2) is 45.0 Å². The highest BCUT2D eigenvalue weighted by atomic mass is 35.5. The zero-order valence-corrected chi connectivity index (χ0v) is 17.6. The fraction of sp³-hybridized carbons (Fsp3) is 0.350. The molecule has 0 radical (unpaired) electrons. The molecule has 0 aliphatic heterocycles. The maximum absolute atomic E-state index is 12.0. The van der Waals surface area contributed by atoms with E-state index in [0.717, 1.165) is 28.0 Å². The third-order valence-corrected chi connectivity index (χ3v) is 4.75. The number of methoxy groups -OCH3 is 1. The van der Waals surface area contributed by atoms with Crippen LogP contribution in [0.4, 0.5) is 0 Å². The Labute approximate surface area is 174 Å². The maximum Gasteiger partial charge on any atom is 0.323 e. The average Bonchev–Trinajstić information content (AvgIpc) is 2.98. The number of fused-ring (bicyclic) bond motifs is 1. The van der Waals surface area contributed by atoms with Gasteiger partial charge in [-0.3, -0.25) is 14.9 Å². The molecule has 9 heteroatoms. The molecule has 0 fully saturated rings. The van der Waals surface area contributed by atoms with Gasteiger partial charge in [0, 0.05) is 45.1 Å². The zero-order valence-electron chi connectivity index (χ0n) is 16.8. The molecule has 3 aromatic rings. The topological polar surface area (TPSA) is 98.4 Å². The molecule has 2 aromatic heterocycles. The second kappa shape index (κ2) is 9.21. The Hall–Kier alpha value is -2.68. The van der Waals surface area contributed by atoms with Crippen LogP contribution in [0.3, 0.4) is 0 Å². The van der Waals surface area contributed by atoms with E-state index in [-0.39, 0.29) is 24.6 Å². The lowest BCUT2D eigenvalue weighted by Gasteiger charge is -2.13. The Balaban J connectivity index is 0.00000300. The number of aromatic nitrogens is 3. The number of carboxylic acids is 1. The summed E-state index contributed by atoms with van der Waals surface area (Å²) in [5, 5.41) is 12.2. The van der Waals surface area contributed by atoms with Gasteiger partial charge in [0.25, 0.3) is 5.56 Å². The quantitative estimate of drug-likeness (QED) is 0.605. The molecule has 2 N–H and O–H groups in total. The minimum atomic E-state index is -0.951. The van der Waals surface area contributed by atoms with Crippen molar-refractivity contribution in [2.24, 2.45) is 14.1 Å². The number of ether oxygens (including phenoxy) is 1. The van der Waals surface area contributed by atoms with E-state index in [9.17, 15) is 14.7 Å². The summed E-state index contributed by atoms with van der Waals surface area (Å²) < 4.78 is 8.48. The van der Waals surface area contributed by atoms with Crippen molar-refractivity contribution < 1.29 is 14.6 Å². The van der Waals surface area contributed by atoms with Gasteiger partial charge in [-0.15, -0.1) is 12.4 Å². The highest BCUT2D eigenvalue weighted by molar-refractivity contribution is 5.85. The van der Waals surface area contributed by atoms with Crippen LogP contribution in [0.5, 0.6) is 0 Å². The van der Waals surface area contributed by atoms with Gasteiger partial charge in [0.05, 0.1) is 17.6 Å². The summed E-state index contributed by atoms with van der Waals surface area (Å²) in [5.41, 5.74) is 4.19. The highest BCUT2D eigenvalue weighted by Gasteiger charge is 2.17. The van der Waals surface area contributed by atoms with Crippen LogP contribution in [0, 0.1) is 6.92 Å². The summed E-state index contributed by atoms with van der Waals surface area (Å²) >= 11 is 0. The number of rotatable bonds is 7. The van der Waals surface area contributed by atoms with E-state index in [1.165, 1.54) is 7.11 Å². The fourth-order valence-electron chi connectivity index (χ4n) is 3.24. The summed E-state index contributed by atoms with van der Waals surface area (Å²) in [6.07, 6.45) is 1.78. The molecule has 1 unspecified atom stereocenters. The van der Waals surface area contributed by atoms with Gasteiger partial charge in [0.1, 0.15) is 11.9 Å². The lowest BCUT2D eigenvalue weighted by atomic mass is 10.2. The first-order chi connectivity index (χ1) is 13.3. The van der Waals surface area contributed by atoms with E-state index in [0.29, 0.717) is 12.1 Å². The van der Waals surface area contributed by atoms with Gasteiger partial charge in [-0.05, 0) is 30.7 Å². The van der Waals surface area contributed by atoms with Gasteiger partial charge in [-0.1, -0.05) is 6.07 Å². The van der Waals surface area contributed by atoms with Crippen LogP contribution in [0.15, 0.2) is 35.3 Å². The van der Waals surface area contributed by atoms with E-state index in [1.54, 1.807) is 24.7 Å². The molecule has 0 aliphatic carbocycles. The number of halogens is 1. The number of aliphatic carboxylic acids is 1. The van der Waals surface area contributed by atoms with Gasteiger partial charge < -0.3 is 19.0 Å². The summed E-state index contributed by atoms with van der Waals surface area (Å²) in [5.74, 6) is -0.185. The molecule has 0 amide bonds. The van der Waals surface area contributed by atoms with Crippen molar-refractivity contribution in [1.29, 1.82) is 0 Å². The molecule has 156 valence electrons. The van der Waals surface area contributed by atoms with Crippen molar-refractivity contribution >= 4 is 29.4 Å². The Morgan fingerprint density at radius 3 is 2.66 bits per heavy atom. The predicted octanol–water partition coefficient (Wildman–Crippen LogP) is 1.86. The van der Waals surface area contributed by atoms with Crippen molar-refractivity contribution in [3.8, 4) is 11.4 Å². The number of hydrogen-bond donors (Lipinski definition) is 2. The first-order valence-electron chi connectivity index (χ1n) is 8.90. The number of benzene rings is 1. The van der Waals surface area contributed by atoms with Gasteiger partial charge in [0.2, 0.25) is 0 Å². The normalized spacial score (nSPS) is 12.0. The number of pyridine rings is 1. The molecule has 2 heterocycles. The number of hydrogen-bond acceptors (Lipinski definition) is 5. The molecule has 0 saturated heterocycles. The molecule has 29 heavy (non-hydrogen) atoms. The van der Waals surface area contributed by atoms with E-state index < -0.39 is 12.0 Å². The van der Waals surface area contributed by atoms with E-state index in [1.807, 2.05) is 35.9 Å². The third-order valence-electron chi connectivity index (χ3n) is 4.75. The van der Waals surface area contributed by atoms with Crippen LogP contribution < -0.4 is 10.9 Å². The van der Waals surface area contributed by atoms with Gasteiger partial charge in [-0.2, -0.15) is 0 Å². The van der Waals surface area contributed by atoms with E-state index >= 15 is 0 Å². The van der Waals surface area contributed by atoms with Gasteiger partial charge in [0.15, 0.2) is 0 Å². The largest absolute Gasteiger partial charge is 0.480 e. The molecular formula is C20H25ClN4O4. The second-order valence-electron chi connectivity index (χ2n) is 6.87. The Kier molecular flexibility index (Phi) is 7.18. The summed E-state index contributed by atoms with van der Waals surface area (Å²) in [4.78, 5) is 27.9. The van der Waals surface area contributed by atoms with Crippen molar-refractivity contribution in [3.63, 3.8) is 0 Å². The summed E-state index contributed by atoms with van der Waals surface area (Å²) in [7, 11) is 5.13. The van der Waals surface area contributed by atoms with Crippen molar-refractivity contribution in [3.05, 3.63) is 51.9 Å². The molecule has 0 saturated carbocycles. The third kappa shape index (κ3) is 4.67. The van der Waals surface area contributed by atoms with Crippen molar-refractivity contribution in [1.82, 2.24) is 19.4 Å². The molecule has 1 aromatic carbocycles. The minimum absolute atomic E-state index is 0. The highest BCUT2D eigenvalue weighted by Crippen LogP contribution is 2.24. The van der Waals surface area contributed by atoms with Crippen LogP contribution in [0.1, 0.15) is 11.1 Å². The first-order valence-corrected chi connectivity index (χ1v) is 8.90.